The first kappa shape index (κ1) is 17.3. The monoisotopic (exact) mass is 362 g/mol. The number of hydrogen-bond acceptors (Lipinski definition) is 5. The van der Waals surface area contributed by atoms with Gasteiger partial charge in [0.05, 0.1) is 11.9 Å². The Bertz CT molecular complexity index is 895. The molecule has 25 heavy (non-hydrogen) atoms. The SMILES string of the molecule is O=c1[nH]c(=O)n(-c2cccc(Cl)c2)c(O)c1C=NN1CCCCCC1. The maximum atomic E-state index is 12.1. The molecule has 2 heterocycles. The molecule has 132 valence electrons. The highest BCUT2D eigenvalue weighted by molar-refractivity contribution is 6.30. The third-order valence-electron chi connectivity index (χ3n) is 4.12. The van der Waals surface area contributed by atoms with Crippen LogP contribution in [0.3, 0.4) is 0 Å². The van der Waals surface area contributed by atoms with Crippen molar-refractivity contribution in [3.63, 3.8) is 0 Å². The molecule has 2 N–H and O–H groups in total. The summed E-state index contributed by atoms with van der Waals surface area (Å²) < 4.78 is 0.997. The van der Waals surface area contributed by atoms with Gasteiger partial charge in [0.25, 0.3) is 5.56 Å². The second-order valence-corrected chi connectivity index (χ2v) is 6.36. The van der Waals surface area contributed by atoms with Crippen LogP contribution in [0.5, 0.6) is 5.88 Å². The third-order valence-corrected chi connectivity index (χ3v) is 4.35. The summed E-state index contributed by atoms with van der Waals surface area (Å²) >= 11 is 5.95. The molecule has 1 aromatic carbocycles. The van der Waals surface area contributed by atoms with E-state index in [0.717, 1.165) is 43.3 Å². The minimum atomic E-state index is -0.739. The van der Waals surface area contributed by atoms with Crippen LogP contribution >= 0.6 is 11.6 Å². The molecule has 1 saturated heterocycles. The van der Waals surface area contributed by atoms with Gasteiger partial charge in [0.1, 0.15) is 5.56 Å². The highest BCUT2D eigenvalue weighted by Gasteiger charge is 2.15. The largest absolute Gasteiger partial charge is 0.493 e. The fourth-order valence-electron chi connectivity index (χ4n) is 2.82. The van der Waals surface area contributed by atoms with Crippen molar-refractivity contribution in [2.45, 2.75) is 25.7 Å². The number of nitrogens with zero attached hydrogens (tertiary/aromatic N) is 3. The Labute approximate surface area is 149 Å². The van der Waals surface area contributed by atoms with E-state index in [1.807, 2.05) is 5.01 Å². The van der Waals surface area contributed by atoms with Crippen molar-refractivity contribution in [2.75, 3.05) is 13.1 Å². The Morgan fingerprint density at radius 1 is 1.16 bits per heavy atom. The van der Waals surface area contributed by atoms with Crippen molar-refractivity contribution in [3.05, 3.63) is 55.7 Å². The lowest BCUT2D eigenvalue weighted by atomic mass is 10.2. The van der Waals surface area contributed by atoms with Crippen molar-refractivity contribution in [1.82, 2.24) is 14.6 Å². The highest BCUT2D eigenvalue weighted by atomic mass is 35.5. The van der Waals surface area contributed by atoms with Gasteiger partial charge in [-0.05, 0) is 31.0 Å². The zero-order valence-corrected chi connectivity index (χ0v) is 14.4. The molecule has 3 rings (SSSR count). The summed E-state index contributed by atoms with van der Waals surface area (Å²) in [4.78, 5) is 26.4. The molecule has 8 heteroatoms. The summed E-state index contributed by atoms with van der Waals surface area (Å²) in [5, 5.41) is 17.1. The van der Waals surface area contributed by atoms with Crippen LogP contribution in [0.2, 0.25) is 5.02 Å². The molecule has 0 unspecified atom stereocenters. The molecule has 1 aliphatic heterocycles. The summed E-state index contributed by atoms with van der Waals surface area (Å²) in [7, 11) is 0. The molecular formula is C17H19ClN4O3. The molecule has 0 radical (unpaired) electrons. The summed E-state index contributed by atoms with van der Waals surface area (Å²) in [6.45, 7) is 1.62. The maximum absolute atomic E-state index is 12.1. The Morgan fingerprint density at radius 3 is 2.56 bits per heavy atom. The van der Waals surface area contributed by atoms with Gasteiger partial charge in [0.2, 0.25) is 5.88 Å². The molecular weight excluding hydrogens is 344 g/mol. The van der Waals surface area contributed by atoms with Crippen LogP contribution in [0.15, 0.2) is 39.0 Å². The van der Waals surface area contributed by atoms with E-state index < -0.39 is 17.1 Å². The van der Waals surface area contributed by atoms with E-state index in [4.69, 9.17) is 11.6 Å². The van der Waals surface area contributed by atoms with E-state index >= 15 is 0 Å². The number of aromatic nitrogens is 2. The summed E-state index contributed by atoms with van der Waals surface area (Å²) in [6.07, 6.45) is 5.72. The molecule has 0 amide bonds. The van der Waals surface area contributed by atoms with Crippen molar-refractivity contribution in [2.24, 2.45) is 5.10 Å². The second kappa shape index (κ2) is 7.57. The average Bonchev–Trinajstić information content (AvgIpc) is 2.83. The van der Waals surface area contributed by atoms with Crippen LogP contribution in [0.4, 0.5) is 0 Å². The number of rotatable bonds is 3. The van der Waals surface area contributed by atoms with E-state index in [1.54, 1.807) is 18.2 Å². The van der Waals surface area contributed by atoms with Crippen LogP contribution < -0.4 is 11.2 Å². The molecule has 1 aromatic heterocycles. The minimum Gasteiger partial charge on any atom is -0.493 e. The van der Waals surface area contributed by atoms with Crippen LogP contribution in [-0.4, -0.2) is 39.0 Å². The summed E-state index contributed by atoms with van der Waals surface area (Å²) in [5.41, 5.74) is -1.13. The van der Waals surface area contributed by atoms with E-state index in [9.17, 15) is 14.7 Å². The number of aromatic amines is 1. The molecule has 7 nitrogen and oxygen atoms in total. The zero-order chi connectivity index (χ0) is 17.8. The zero-order valence-electron chi connectivity index (χ0n) is 13.6. The van der Waals surface area contributed by atoms with Gasteiger partial charge in [-0.1, -0.05) is 30.5 Å². The maximum Gasteiger partial charge on any atom is 0.335 e. The normalized spacial score (nSPS) is 15.5. The molecule has 1 fully saturated rings. The minimum absolute atomic E-state index is 0.0659. The number of nitrogens with one attached hydrogen (secondary N) is 1. The van der Waals surface area contributed by atoms with E-state index in [0.29, 0.717) is 10.7 Å². The predicted octanol–water partition coefficient (Wildman–Crippen LogP) is 2.09. The van der Waals surface area contributed by atoms with Gasteiger partial charge in [-0.15, -0.1) is 0 Å². The number of aromatic hydroxyl groups is 1. The van der Waals surface area contributed by atoms with Crippen molar-refractivity contribution >= 4 is 17.8 Å². The lowest BCUT2D eigenvalue weighted by molar-refractivity contribution is 0.302. The average molecular weight is 363 g/mol. The first-order valence-electron chi connectivity index (χ1n) is 8.19. The van der Waals surface area contributed by atoms with E-state index in [1.165, 1.54) is 12.3 Å². The van der Waals surface area contributed by atoms with Gasteiger partial charge in [0.15, 0.2) is 0 Å². The number of hydrogen-bond donors (Lipinski definition) is 2. The quantitative estimate of drug-likeness (QED) is 0.818. The molecule has 1 aliphatic rings. The standard InChI is InChI=1S/C17H19ClN4O3/c18-12-6-5-7-13(10-12)22-16(24)14(15(23)20-17(22)25)11-19-21-8-3-1-2-4-9-21/h5-7,10-11,24H,1-4,8-9H2,(H,20,23,25). The van der Waals surface area contributed by atoms with E-state index in [2.05, 4.69) is 10.1 Å². The molecule has 0 saturated carbocycles. The summed E-state index contributed by atoms with van der Waals surface area (Å²) in [6, 6.07) is 6.44. The molecule has 0 bridgehead atoms. The van der Waals surface area contributed by atoms with Gasteiger partial charge < -0.3 is 5.11 Å². The Hall–Kier alpha value is -2.54. The van der Waals surface area contributed by atoms with E-state index in [-0.39, 0.29) is 5.56 Å². The topological polar surface area (TPSA) is 90.7 Å². The van der Waals surface area contributed by atoms with Crippen LogP contribution in [0, 0.1) is 0 Å². The van der Waals surface area contributed by atoms with Crippen LogP contribution in [0.1, 0.15) is 31.2 Å². The Balaban J connectivity index is 2.01. The van der Waals surface area contributed by atoms with Gasteiger partial charge in [-0.3, -0.25) is 14.8 Å². The summed E-state index contributed by atoms with van der Waals surface area (Å²) in [5.74, 6) is -0.463. The lowest BCUT2D eigenvalue weighted by Crippen LogP contribution is -2.31. The molecule has 0 atom stereocenters. The van der Waals surface area contributed by atoms with Crippen LogP contribution in [-0.2, 0) is 0 Å². The first-order chi connectivity index (χ1) is 12.1. The number of halogens is 1. The van der Waals surface area contributed by atoms with Gasteiger partial charge in [-0.2, -0.15) is 5.10 Å². The smallest absolute Gasteiger partial charge is 0.335 e. The van der Waals surface area contributed by atoms with Crippen molar-refractivity contribution in [1.29, 1.82) is 0 Å². The first-order valence-corrected chi connectivity index (χ1v) is 8.57. The van der Waals surface area contributed by atoms with Gasteiger partial charge in [0, 0.05) is 18.1 Å². The van der Waals surface area contributed by atoms with Crippen molar-refractivity contribution in [3.8, 4) is 11.6 Å². The predicted molar refractivity (Wildman–Crippen MR) is 97.0 cm³/mol. The number of hydrazone groups is 1. The molecule has 2 aromatic rings. The highest BCUT2D eigenvalue weighted by Crippen LogP contribution is 2.19. The Kier molecular flexibility index (Phi) is 5.23. The van der Waals surface area contributed by atoms with Gasteiger partial charge >= 0.3 is 5.69 Å². The second-order valence-electron chi connectivity index (χ2n) is 5.92. The lowest BCUT2D eigenvalue weighted by Gasteiger charge is -2.15. The fourth-order valence-corrected chi connectivity index (χ4v) is 3.00. The third kappa shape index (κ3) is 3.93. The number of benzene rings is 1. The van der Waals surface area contributed by atoms with Crippen molar-refractivity contribution < 1.29 is 5.11 Å². The Morgan fingerprint density at radius 2 is 1.88 bits per heavy atom. The molecule has 0 spiro atoms. The molecule has 0 aliphatic carbocycles. The number of H-pyrrole nitrogens is 1. The fraction of sp³-hybridized carbons (Fsp3) is 0.353. The van der Waals surface area contributed by atoms with Gasteiger partial charge in [-0.25, -0.2) is 9.36 Å². The van der Waals surface area contributed by atoms with Crippen LogP contribution in [0.25, 0.3) is 5.69 Å².